The van der Waals surface area contributed by atoms with Gasteiger partial charge in [0.2, 0.25) is 0 Å². The molecule has 0 heterocycles. The zero-order chi connectivity index (χ0) is 14.6. The molecule has 2 aliphatic rings. The number of rotatable bonds is 6. The van der Waals surface area contributed by atoms with E-state index in [1.807, 2.05) is 12.2 Å². The Kier molecular flexibility index (Phi) is 4.63. The normalized spacial score (nSPS) is 20.8. The van der Waals surface area contributed by atoms with Crippen LogP contribution in [0, 0.1) is 11.3 Å². The van der Waals surface area contributed by atoms with Gasteiger partial charge in [0.25, 0.3) is 0 Å². The van der Waals surface area contributed by atoms with Gasteiger partial charge in [0.05, 0.1) is 13.2 Å². The first-order valence-electron chi connectivity index (χ1n) is 7.34. The highest BCUT2D eigenvalue weighted by Crippen LogP contribution is 2.41. The smallest absolute Gasteiger partial charge is 0.324 e. The SMILES string of the molecule is CCOC(=O)C1(C(=O)OCC)CC=C(/C=C/C2CC2)C1. The summed E-state index contributed by atoms with van der Waals surface area (Å²) in [5, 5.41) is 0. The lowest BCUT2D eigenvalue weighted by atomic mass is 9.84. The van der Waals surface area contributed by atoms with Crippen LogP contribution in [-0.4, -0.2) is 25.2 Å². The van der Waals surface area contributed by atoms with Gasteiger partial charge in [-0.2, -0.15) is 0 Å². The second-order valence-electron chi connectivity index (χ2n) is 5.38. The zero-order valence-electron chi connectivity index (χ0n) is 12.2. The van der Waals surface area contributed by atoms with Crippen LogP contribution >= 0.6 is 0 Å². The molecule has 4 nitrogen and oxygen atoms in total. The highest BCUT2D eigenvalue weighted by Gasteiger charge is 2.50. The third-order valence-electron chi connectivity index (χ3n) is 3.76. The van der Waals surface area contributed by atoms with Gasteiger partial charge in [0.15, 0.2) is 5.41 Å². The highest BCUT2D eigenvalue weighted by atomic mass is 16.6. The lowest BCUT2D eigenvalue weighted by Gasteiger charge is -2.24. The summed E-state index contributed by atoms with van der Waals surface area (Å²) in [6, 6.07) is 0. The Morgan fingerprint density at radius 2 is 1.85 bits per heavy atom. The molecule has 4 heteroatoms. The molecule has 0 aromatic rings. The van der Waals surface area contributed by atoms with E-state index in [1.54, 1.807) is 13.8 Å². The molecule has 0 unspecified atom stereocenters. The first kappa shape index (κ1) is 14.8. The molecule has 0 aromatic carbocycles. The summed E-state index contributed by atoms with van der Waals surface area (Å²) in [6.45, 7) is 4.03. The molecular weight excluding hydrogens is 256 g/mol. The Labute approximate surface area is 119 Å². The molecule has 0 radical (unpaired) electrons. The molecule has 2 aliphatic carbocycles. The van der Waals surface area contributed by atoms with Crippen molar-refractivity contribution in [3.05, 3.63) is 23.8 Å². The van der Waals surface area contributed by atoms with Crippen LogP contribution < -0.4 is 0 Å². The molecule has 0 amide bonds. The van der Waals surface area contributed by atoms with Gasteiger partial charge in [0, 0.05) is 0 Å². The van der Waals surface area contributed by atoms with E-state index in [0.717, 1.165) is 5.57 Å². The van der Waals surface area contributed by atoms with Crippen LogP contribution in [0.5, 0.6) is 0 Å². The van der Waals surface area contributed by atoms with Gasteiger partial charge in [-0.15, -0.1) is 0 Å². The summed E-state index contributed by atoms with van der Waals surface area (Å²) >= 11 is 0. The van der Waals surface area contributed by atoms with Gasteiger partial charge in [-0.05, 0) is 45.4 Å². The summed E-state index contributed by atoms with van der Waals surface area (Å²) in [5.74, 6) is -0.259. The Morgan fingerprint density at radius 3 is 2.35 bits per heavy atom. The molecule has 0 atom stereocenters. The number of ether oxygens (including phenoxy) is 2. The Morgan fingerprint density at radius 1 is 1.25 bits per heavy atom. The summed E-state index contributed by atoms with van der Waals surface area (Å²) in [6.07, 6.45) is 9.39. The van der Waals surface area contributed by atoms with Crippen LogP contribution in [-0.2, 0) is 19.1 Å². The summed E-state index contributed by atoms with van der Waals surface area (Å²) in [4.78, 5) is 24.4. The van der Waals surface area contributed by atoms with Crippen molar-refractivity contribution in [1.29, 1.82) is 0 Å². The molecule has 2 rings (SSSR count). The van der Waals surface area contributed by atoms with Crippen LogP contribution in [0.1, 0.15) is 39.5 Å². The maximum absolute atomic E-state index is 12.2. The van der Waals surface area contributed by atoms with E-state index in [9.17, 15) is 9.59 Å². The van der Waals surface area contributed by atoms with E-state index in [1.165, 1.54) is 12.8 Å². The highest BCUT2D eigenvalue weighted by molar-refractivity contribution is 6.01. The second-order valence-corrected chi connectivity index (χ2v) is 5.38. The molecule has 1 fully saturated rings. The van der Waals surface area contributed by atoms with Crippen LogP contribution in [0.3, 0.4) is 0 Å². The lowest BCUT2D eigenvalue weighted by Crippen LogP contribution is -2.40. The predicted octanol–water partition coefficient (Wildman–Crippen LogP) is 2.79. The largest absolute Gasteiger partial charge is 0.465 e. The molecule has 0 aliphatic heterocycles. The molecule has 20 heavy (non-hydrogen) atoms. The number of esters is 2. The van der Waals surface area contributed by atoms with Gasteiger partial charge in [-0.1, -0.05) is 23.8 Å². The maximum Gasteiger partial charge on any atom is 0.324 e. The molecule has 110 valence electrons. The van der Waals surface area contributed by atoms with Gasteiger partial charge in [-0.3, -0.25) is 9.59 Å². The molecule has 0 N–H and O–H groups in total. The number of hydrogen-bond acceptors (Lipinski definition) is 4. The maximum atomic E-state index is 12.2. The molecule has 1 saturated carbocycles. The van der Waals surface area contributed by atoms with Crippen molar-refractivity contribution in [3.8, 4) is 0 Å². The van der Waals surface area contributed by atoms with Crippen molar-refractivity contribution in [2.24, 2.45) is 11.3 Å². The minimum absolute atomic E-state index is 0.271. The molecule has 0 saturated heterocycles. The van der Waals surface area contributed by atoms with Crippen LogP contribution in [0.2, 0.25) is 0 Å². The standard InChI is InChI=1S/C16H22O4/c1-3-19-14(17)16(15(18)20-4-2)10-9-13(11-16)8-7-12-5-6-12/h7-9,12H,3-6,10-11H2,1-2H3/b8-7+. The Bertz CT molecular complexity index is 425. The van der Waals surface area contributed by atoms with Crippen molar-refractivity contribution in [1.82, 2.24) is 0 Å². The number of hydrogen-bond donors (Lipinski definition) is 0. The first-order chi connectivity index (χ1) is 9.62. The average Bonchev–Trinajstić information content (AvgIpc) is 3.15. The minimum atomic E-state index is -1.17. The second kappa shape index (κ2) is 6.25. The topological polar surface area (TPSA) is 52.6 Å². The minimum Gasteiger partial charge on any atom is -0.465 e. The van der Waals surface area contributed by atoms with E-state index < -0.39 is 17.4 Å². The summed E-state index contributed by atoms with van der Waals surface area (Å²) in [5.41, 5.74) is -0.145. The number of carbonyl (C=O) groups is 2. The average molecular weight is 278 g/mol. The van der Waals surface area contributed by atoms with E-state index in [-0.39, 0.29) is 13.2 Å². The van der Waals surface area contributed by atoms with Crippen LogP contribution in [0.15, 0.2) is 23.8 Å². The molecular formula is C16H22O4. The first-order valence-corrected chi connectivity index (χ1v) is 7.34. The quantitative estimate of drug-likeness (QED) is 0.554. The van der Waals surface area contributed by atoms with Crippen LogP contribution in [0.25, 0.3) is 0 Å². The Hall–Kier alpha value is -1.58. The molecule has 0 spiro atoms. The molecule has 0 bridgehead atoms. The lowest BCUT2D eigenvalue weighted by molar-refractivity contribution is -0.171. The van der Waals surface area contributed by atoms with Gasteiger partial charge < -0.3 is 9.47 Å². The zero-order valence-corrected chi connectivity index (χ0v) is 12.2. The number of allylic oxidation sites excluding steroid dienone is 4. The van der Waals surface area contributed by atoms with Crippen molar-refractivity contribution >= 4 is 11.9 Å². The van der Waals surface area contributed by atoms with Gasteiger partial charge in [0.1, 0.15) is 0 Å². The van der Waals surface area contributed by atoms with Crippen molar-refractivity contribution in [3.63, 3.8) is 0 Å². The van der Waals surface area contributed by atoms with Gasteiger partial charge >= 0.3 is 11.9 Å². The third kappa shape index (κ3) is 3.11. The third-order valence-corrected chi connectivity index (χ3v) is 3.76. The van der Waals surface area contributed by atoms with E-state index in [2.05, 4.69) is 6.08 Å². The fraction of sp³-hybridized carbons (Fsp3) is 0.625. The van der Waals surface area contributed by atoms with Crippen molar-refractivity contribution in [2.45, 2.75) is 39.5 Å². The van der Waals surface area contributed by atoms with Crippen molar-refractivity contribution in [2.75, 3.05) is 13.2 Å². The Balaban J connectivity index is 2.09. The fourth-order valence-electron chi connectivity index (χ4n) is 2.41. The van der Waals surface area contributed by atoms with Crippen molar-refractivity contribution < 1.29 is 19.1 Å². The van der Waals surface area contributed by atoms with E-state index in [0.29, 0.717) is 18.8 Å². The van der Waals surface area contributed by atoms with E-state index >= 15 is 0 Å². The summed E-state index contributed by atoms with van der Waals surface area (Å²) < 4.78 is 10.2. The van der Waals surface area contributed by atoms with Gasteiger partial charge in [-0.25, -0.2) is 0 Å². The summed E-state index contributed by atoms with van der Waals surface area (Å²) in [7, 11) is 0. The molecule has 0 aromatic heterocycles. The predicted molar refractivity (Wildman–Crippen MR) is 74.9 cm³/mol. The fourth-order valence-corrected chi connectivity index (χ4v) is 2.41. The van der Waals surface area contributed by atoms with Crippen LogP contribution in [0.4, 0.5) is 0 Å². The van der Waals surface area contributed by atoms with E-state index in [4.69, 9.17) is 9.47 Å². The number of carbonyl (C=O) groups excluding carboxylic acids is 2. The monoisotopic (exact) mass is 278 g/mol.